The first-order valence-electron chi connectivity index (χ1n) is 6.37. The molecule has 1 heterocycles. The lowest BCUT2D eigenvalue weighted by atomic mass is 9.92. The van der Waals surface area contributed by atoms with Crippen molar-refractivity contribution in [2.45, 2.75) is 53.5 Å². The summed E-state index contributed by atoms with van der Waals surface area (Å²) < 4.78 is 0. The van der Waals surface area contributed by atoms with Crippen LogP contribution in [0.4, 0.5) is 0 Å². The minimum absolute atomic E-state index is 0.0382. The Morgan fingerprint density at radius 3 is 2.50 bits per heavy atom. The van der Waals surface area contributed by atoms with Gasteiger partial charge in [0.25, 0.3) is 0 Å². The van der Waals surface area contributed by atoms with Crippen LogP contribution in [0.1, 0.15) is 57.7 Å². The SMILES string of the molecule is CC(C)c1nc(CN(C)C(=O)CC(C)(C)C)cs1. The Morgan fingerprint density at radius 2 is 2.06 bits per heavy atom. The highest BCUT2D eigenvalue weighted by atomic mass is 32.1. The number of carbonyl (C=O) groups is 1. The summed E-state index contributed by atoms with van der Waals surface area (Å²) in [7, 11) is 1.85. The van der Waals surface area contributed by atoms with E-state index in [0.717, 1.165) is 10.7 Å². The number of nitrogens with zero attached hydrogens (tertiary/aromatic N) is 2. The number of amides is 1. The molecule has 102 valence electrons. The lowest BCUT2D eigenvalue weighted by Gasteiger charge is -2.22. The highest BCUT2D eigenvalue weighted by molar-refractivity contribution is 7.09. The lowest BCUT2D eigenvalue weighted by molar-refractivity contribution is -0.132. The van der Waals surface area contributed by atoms with Crippen molar-refractivity contribution in [1.29, 1.82) is 0 Å². The number of rotatable bonds is 4. The zero-order valence-corrected chi connectivity index (χ0v) is 13.1. The maximum absolute atomic E-state index is 12.0. The fourth-order valence-electron chi connectivity index (χ4n) is 1.58. The van der Waals surface area contributed by atoms with Gasteiger partial charge in [-0.25, -0.2) is 4.98 Å². The Labute approximate surface area is 114 Å². The van der Waals surface area contributed by atoms with Crippen molar-refractivity contribution in [1.82, 2.24) is 9.88 Å². The van der Waals surface area contributed by atoms with Crippen LogP contribution in [0, 0.1) is 5.41 Å². The summed E-state index contributed by atoms with van der Waals surface area (Å²) >= 11 is 1.68. The van der Waals surface area contributed by atoms with Crippen molar-refractivity contribution in [2.75, 3.05) is 7.05 Å². The van der Waals surface area contributed by atoms with E-state index < -0.39 is 0 Å². The van der Waals surface area contributed by atoms with Gasteiger partial charge in [0.05, 0.1) is 17.2 Å². The largest absolute Gasteiger partial charge is 0.340 e. The summed E-state index contributed by atoms with van der Waals surface area (Å²) in [4.78, 5) is 18.3. The average Bonchev–Trinajstić information content (AvgIpc) is 2.63. The van der Waals surface area contributed by atoms with Gasteiger partial charge in [0.2, 0.25) is 5.91 Å². The topological polar surface area (TPSA) is 33.2 Å². The van der Waals surface area contributed by atoms with Crippen LogP contribution in [-0.2, 0) is 11.3 Å². The molecule has 0 aliphatic rings. The smallest absolute Gasteiger partial charge is 0.223 e. The Kier molecular flexibility index (Phi) is 4.91. The molecule has 0 radical (unpaired) electrons. The summed E-state index contributed by atoms with van der Waals surface area (Å²) in [5, 5.41) is 3.19. The van der Waals surface area contributed by atoms with Crippen molar-refractivity contribution >= 4 is 17.2 Å². The number of hydrogen-bond donors (Lipinski definition) is 0. The summed E-state index contributed by atoms with van der Waals surface area (Å²) in [5.74, 6) is 0.640. The van der Waals surface area contributed by atoms with Gasteiger partial charge in [-0.05, 0) is 5.41 Å². The van der Waals surface area contributed by atoms with Crippen LogP contribution >= 0.6 is 11.3 Å². The number of thiazole rings is 1. The molecule has 0 aromatic carbocycles. The molecule has 0 saturated carbocycles. The van der Waals surface area contributed by atoms with Gasteiger partial charge < -0.3 is 4.90 Å². The van der Waals surface area contributed by atoms with E-state index in [4.69, 9.17) is 0 Å². The highest BCUT2D eigenvalue weighted by Gasteiger charge is 2.19. The van der Waals surface area contributed by atoms with Crippen LogP contribution in [-0.4, -0.2) is 22.8 Å². The van der Waals surface area contributed by atoms with Gasteiger partial charge in [-0.1, -0.05) is 34.6 Å². The Bertz CT molecular complexity index is 404. The van der Waals surface area contributed by atoms with Crippen LogP contribution in [0.2, 0.25) is 0 Å². The van der Waals surface area contributed by atoms with Gasteiger partial charge in [-0.3, -0.25) is 4.79 Å². The zero-order chi connectivity index (χ0) is 13.9. The fraction of sp³-hybridized carbons (Fsp3) is 0.714. The normalized spacial score (nSPS) is 11.9. The van der Waals surface area contributed by atoms with E-state index in [9.17, 15) is 4.79 Å². The molecule has 0 atom stereocenters. The first-order chi connectivity index (χ1) is 8.19. The third-order valence-electron chi connectivity index (χ3n) is 2.57. The molecule has 0 aliphatic carbocycles. The van der Waals surface area contributed by atoms with Gasteiger partial charge in [-0.2, -0.15) is 0 Å². The molecule has 4 heteroatoms. The average molecular weight is 268 g/mol. The quantitative estimate of drug-likeness (QED) is 0.835. The maximum atomic E-state index is 12.0. The van der Waals surface area contributed by atoms with Crippen LogP contribution < -0.4 is 0 Å². The van der Waals surface area contributed by atoms with Crippen LogP contribution in [0.5, 0.6) is 0 Å². The van der Waals surface area contributed by atoms with Gasteiger partial charge >= 0.3 is 0 Å². The second-order valence-corrected chi connectivity index (χ2v) is 7.21. The molecule has 1 aromatic rings. The first-order valence-corrected chi connectivity index (χ1v) is 7.25. The van der Waals surface area contributed by atoms with E-state index in [0.29, 0.717) is 18.9 Å². The minimum atomic E-state index is 0.0382. The molecule has 0 saturated heterocycles. The highest BCUT2D eigenvalue weighted by Crippen LogP contribution is 2.22. The van der Waals surface area contributed by atoms with Gasteiger partial charge in [-0.15, -0.1) is 11.3 Å². The molecule has 1 aromatic heterocycles. The van der Waals surface area contributed by atoms with Gasteiger partial charge in [0.15, 0.2) is 0 Å². The molecular weight excluding hydrogens is 244 g/mol. The van der Waals surface area contributed by atoms with Crippen molar-refractivity contribution < 1.29 is 4.79 Å². The van der Waals surface area contributed by atoms with Crippen molar-refractivity contribution in [2.24, 2.45) is 5.41 Å². The predicted octanol–water partition coefficient (Wildman–Crippen LogP) is 3.66. The molecule has 3 nitrogen and oxygen atoms in total. The number of aromatic nitrogens is 1. The third-order valence-corrected chi connectivity index (χ3v) is 3.76. The van der Waals surface area contributed by atoms with Crippen LogP contribution in [0.15, 0.2) is 5.38 Å². The van der Waals surface area contributed by atoms with E-state index in [1.165, 1.54) is 0 Å². The van der Waals surface area contributed by atoms with Gasteiger partial charge in [0.1, 0.15) is 0 Å². The second kappa shape index (κ2) is 5.83. The molecule has 1 rings (SSSR count). The molecule has 0 bridgehead atoms. The standard InChI is InChI=1S/C14H24N2OS/c1-10(2)13-15-11(9-18-13)8-16(6)12(17)7-14(3,4)5/h9-10H,7-8H2,1-6H3. The monoisotopic (exact) mass is 268 g/mol. The van der Waals surface area contributed by atoms with E-state index in [2.05, 4.69) is 45.0 Å². The second-order valence-electron chi connectivity index (χ2n) is 6.32. The number of carbonyl (C=O) groups excluding carboxylic acids is 1. The van der Waals surface area contributed by atoms with Gasteiger partial charge in [0, 0.05) is 24.8 Å². The van der Waals surface area contributed by atoms with Crippen molar-refractivity contribution in [3.63, 3.8) is 0 Å². The Hall–Kier alpha value is -0.900. The molecule has 0 aliphatic heterocycles. The molecule has 0 spiro atoms. The van der Waals surface area contributed by atoms with E-state index >= 15 is 0 Å². The van der Waals surface area contributed by atoms with E-state index in [1.54, 1.807) is 16.2 Å². The minimum Gasteiger partial charge on any atom is -0.340 e. The van der Waals surface area contributed by atoms with Crippen LogP contribution in [0.3, 0.4) is 0 Å². The molecule has 1 amide bonds. The maximum Gasteiger partial charge on any atom is 0.223 e. The predicted molar refractivity (Wildman–Crippen MR) is 76.7 cm³/mol. The molecule has 0 fully saturated rings. The fourth-order valence-corrected chi connectivity index (χ4v) is 2.41. The van der Waals surface area contributed by atoms with Crippen molar-refractivity contribution in [3.05, 3.63) is 16.1 Å². The zero-order valence-electron chi connectivity index (χ0n) is 12.3. The Balaban J connectivity index is 2.58. The van der Waals surface area contributed by atoms with Crippen LogP contribution in [0.25, 0.3) is 0 Å². The molecule has 18 heavy (non-hydrogen) atoms. The lowest BCUT2D eigenvalue weighted by Crippen LogP contribution is -2.29. The summed E-state index contributed by atoms with van der Waals surface area (Å²) in [5.41, 5.74) is 1.03. The molecular formula is C14H24N2OS. The molecule has 0 N–H and O–H groups in total. The van der Waals surface area contributed by atoms with E-state index in [1.807, 2.05) is 7.05 Å². The number of hydrogen-bond acceptors (Lipinski definition) is 3. The van der Waals surface area contributed by atoms with E-state index in [-0.39, 0.29) is 11.3 Å². The Morgan fingerprint density at radius 1 is 1.44 bits per heavy atom. The summed E-state index contributed by atoms with van der Waals surface area (Å²) in [6, 6.07) is 0. The first kappa shape index (κ1) is 15.2. The molecule has 0 unspecified atom stereocenters. The summed E-state index contributed by atoms with van der Waals surface area (Å²) in [6.45, 7) is 11.1. The summed E-state index contributed by atoms with van der Waals surface area (Å²) in [6.07, 6.45) is 0.574. The van der Waals surface area contributed by atoms with Crippen molar-refractivity contribution in [3.8, 4) is 0 Å². The third kappa shape index (κ3) is 4.77.